The largest absolute Gasteiger partial charge is 0.465 e. The normalized spacial score (nSPS) is 30.9. The van der Waals surface area contributed by atoms with Crippen molar-refractivity contribution in [1.82, 2.24) is 4.90 Å². The first-order chi connectivity index (χ1) is 5.15. The number of halogens is 1. The summed E-state index contributed by atoms with van der Waals surface area (Å²) >= 11 is 5.55. The van der Waals surface area contributed by atoms with Gasteiger partial charge >= 0.3 is 6.09 Å². The van der Waals surface area contributed by atoms with Crippen LogP contribution in [0.3, 0.4) is 0 Å². The SMILES string of the molecule is N[C@@H]1C[C@@H](CCl)N(C(=O)O)C1. The molecule has 0 saturated carbocycles. The Morgan fingerprint density at radius 3 is 2.82 bits per heavy atom. The molecular weight excluding hydrogens is 168 g/mol. The molecule has 0 aliphatic carbocycles. The van der Waals surface area contributed by atoms with E-state index in [1.807, 2.05) is 0 Å². The molecule has 0 unspecified atom stereocenters. The highest BCUT2D eigenvalue weighted by molar-refractivity contribution is 6.18. The third-order valence-electron chi connectivity index (χ3n) is 1.87. The van der Waals surface area contributed by atoms with Crippen molar-refractivity contribution in [2.75, 3.05) is 12.4 Å². The molecule has 1 saturated heterocycles. The minimum Gasteiger partial charge on any atom is -0.465 e. The zero-order valence-corrected chi connectivity index (χ0v) is 6.79. The molecule has 11 heavy (non-hydrogen) atoms. The van der Waals surface area contributed by atoms with E-state index in [1.165, 1.54) is 4.90 Å². The summed E-state index contributed by atoms with van der Waals surface area (Å²) in [5, 5.41) is 8.64. The van der Waals surface area contributed by atoms with Crippen LogP contribution in [0.2, 0.25) is 0 Å². The fourth-order valence-electron chi connectivity index (χ4n) is 1.33. The second kappa shape index (κ2) is 3.28. The van der Waals surface area contributed by atoms with Gasteiger partial charge in [0.05, 0.1) is 6.04 Å². The zero-order valence-electron chi connectivity index (χ0n) is 6.03. The number of likely N-dealkylation sites (tertiary alicyclic amines) is 1. The topological polar surface area (TPSA) is 66.6 Å². The number of hydrogen-bond donors (Lipinski definition) is 2. The minimum atomic E-state index is -0.927. The predicted molar refractivity (Wildman–Crippen MR) is 41.8 cm³/mol. The Morgan fingerprint density at radius 2 is 2.45 bits per heavy atom. The molecule has 0 bridgehead atoms. The van der Waals surface area contributed by atoms with Crippen LogP contribution in [0.4, 0.5) is 4.79 Å². The summed E-state index contributed by atoms with van der Waals surface area (Å²) in [6.45, 7) is 0.409. The van der Waals surface area contributed by atoms with Crippen molar-refractivity contribution >= 4 is 17.7 Å². The average molecular weight is 179 g/mol. The molecule has 0 aromatic heterocycles. The quantitative estimate of drug-likeness (QED) is 0.568. The molecule has 64 valence electrons. The van der Waals surface area contributed by atoms with E-state index >= 15 is 0 Å². The second-order valence-corrected chi connectivity index (χ2v) is 3.05. The first-order valence-electron chi connectivity index (χ1n) is 3.46. The molecule has 1 heterocycles. The number of nitrogens with two attached hydrogens (primary N) is 1. The standard InChI is InChI=1S/C6H11ClN2O2/c7-2-5-1-4(8)3-9(5)6(10)11/h4-5H,1-3,8H2,(H,10,11)/t4-,5+/m1/s1. The van der Waals surface area contributed by atoms with Crippen LogP contribution in [0.1, 0.15) is 6.42 Å². The molecule has 1 fully saturated rings. The van der Waals surface area contributed by atoms with Crippen molar-refractivity contribution in [2.24, 2.45) is 5.73 Å². The van der Waals surface area contributed by atoms with Crippen LogP contribution in [0.15, 0.2) is 0 Å². The van der Waals surface area contributed by atoms with E-state index in [2.05, 4.69) is 0 Å². The molecule has 3 N–H and O–H groups in total. The Kier molecular flexibility index (Phi) is 2.57. The lowest BCUT2D eigenvalue weighted by atomic mass is 10.2. The number of amides is 1. The van der Waals surface area contributed by atoms with E-state index in [-0.39, 0.29) is 12.1 Å². The van der Waals surface area contributed by atoms with Crippen molar-refractivity contribution in [1.29, 1.82) is 0 Å². The third-order valence-corrected chi connectivity index (χ3v) is 2.23. The van der Waals surface area contributed by atoms with Crippen molar-refractivity contribution in [2.45, 2.75) is 18.5 Å². The van der Waals surface area contributed by atoms with Gasteiger partial charge in [0.2, 0.25) is 0 Å². The van der Waals surface area contributed by atoms with Gasteiger partial charge in [-0.25, -0.2) is 4.79 Å². The van der Waals surface area contributed by atoms with Crippen molar-refractivity contribution in [3.63, 3.8) is 0 Å². The summed E-state index contributed by atoms with van der Waals surface area (Å²) in [5.41, 5.74) is 5.57. The van der Waals surface area contributed by atoms with Crippen LogP contribution in [0, 0.1) is 0 Å². The minimum absolute atomic E-state index is 0.0464. The van der Waals surface area contributed by atoms with Crippen LogP contribution in [-0.2, 0) is 0 Å². The number of carbonyl (C=O) groups is 1. The monoisotopic (exact) mass is 178 g/mol. The van der Waals surface area contributed by atoms with Crippen LogP contribution < -0.4 is 5.73 Å². The van der Waals surface area contributed by atoms with Gasteiger partial charge in [-0.05, 0) is 6.42 Å². The van der Waals surface area contributed by atoms with Gasteiger partial charge in [-0.1, -0.05) is 0 Å². The smallest absolute Gasteiger partial charge is 0.407 e. The highest BCUT2D eigenvalue weighted by atomic mass is 35.5. The van der Waals surface area contributed by atoms with Gasteiger partial charge < -0.3 is 15.7 Å². The fraction of sp³-hybridized carbons (Fsp3) is 0.833. The van der Waals surface area contributed by atoms with Gasteiger partial charge in [0.25, 0.3) is 0 Å². The van der Waals surface area contributed by atoms with Crippen LogP contribution in [0.5, 0.6) is 0 Å². The number of nitrogens with zero attached hydrogens (tertiary/aromatic N) is 1. The summed E-state index contributed by atoms with van der Waals surface area (Å²) in [5.74, 6) is 0.333. The molecule has 2 atom stereocenters. The van der Waals surface area contributed by atoms with Crippen LogP contribution in [0.25, 0.3) is 0 Å². The summed E-state index contributed by atoms with van der Waals surface area (Å²) < 4.78 is 0. The Labute approximate surface area is 69.9 Å². The number of hydrogen-bond acceptors (Lipinski definition) is 2. The maximum absolute atomic E-state index is 10.5. The summed E-state index contributed by atoms with van der Waals surface area (Å²) in [6, 6.07) is -0.140. The van der Waals surface area contributed by atoms with Gasteiger partial charge in [-0.3, -0.25) is 0 Å². The van der Waals surface area contributed by atoms with Gasteiger partial charge in [0.15, 0.2) is 0 Å². The molecule has 5 heteroatoms. The fourth-order valence-corrected chi connectivity index (χ4v) is 1.63. The average Bonchev–Trinajstić information content (AvgIpc) is 2.30. The Balaban J connectivity index is 2.57. The molecule has 0 radical (unpaired) electrons. The molecular formula is C6H11ClN2O2. The van der Waals surface area contributed by atoms with Gasteiger partial charge in [0, 0.05) is 18.5 Å². The van der Waals surface area contributed by atoms with Crippen LogP contribution in [-0.4, -0.2) is 40.6 Å². The molecule has 0 spiro atoms. The first-order valence-corrected chi connectivity index (χ1v) is 3.99. The Morgan fingerprint density at radius 1 is 1.82 bits per heavy atom. The van der Waals surface area contributed by atoms with E-state index in [4.69, 9.17) is 22.4 Å². The molecule has 0 aromatic carbocycles. The number of carboxylic acid groups (broad SMARTS) is 1. The van der Waals surface area contributed by atoms with Gasteiger partial charge in [0.1, 0.15) is 0 Å². The maximum Gasteiger partial charge on any atom is 0.407 e. The zero-order chi connectivity index (χ0) is 8.43. The molecule has 1 amide bonds. The van der Waals surface area contributed by atoms with Gasteiger partial charge in [-0.15, -0.1) is 11.6 Å². The van der Waals surface area contributed by atoms with E-state index in [0.717, 1.165) is 0 Å². The summed E-state index contributed by atoms with van der Waals surface area (Å²) in [7, 11) is 0. The lowest BCUT2D eigenvalue weighted by molar-refractivity contribution is 0.143. The Bertz CT molecular complexity index is 165. The van der Waals surface area contributed by atoms with Crippen molar-refractivity contribution in [3.8, 4) is 0 Å². The Hall–Kier alpha value is -0.480. The third kappa shape index (κ3) is 1.75. The first kappa shape index (κ1) is 8.62. The number of alkyl halides is 1. The van der Waals surface area contributed by atoms with E-state index < -0.39 is 6.09 Å². The molecule has 4 nitrogen and oxygen atoms in total. The second-order valence-electron chi connectivity index (χ2n) is 2.74. The molecule has 1 aliphatic heterocycles. The van der Waals surface area contributed by atoms with Crippen molar-refractivity contribution in [3.05, 3.63) is 0 Å². The highest BCUT2D eigenvalue weighted by Crippen LogP contribution is 2.17. The van der Waals surface area contributed by atoms with Crippen LogP contribution >= 0.6 is 11.6 Å². The number of rotatable bonds is 1. The summed E-state index contributed by atoms with van der Waals surface area (Å²) in [4.78, 5) is 11.8. The lowest BCUT2D eigenvalue weighted by Gasteiger charge is -2.18. The maximum atomic E-state index is 10.5. The molecule has 0 aromatic rings. The van der Waals surface area contributed by atoms with E-state index in [1.54, 1.807) is 0 Å². The predicted octanol–water partition coefficient (Wildman–Crippen LogP) is 0.305. The van der Waals surface area contributed by atoms with E-state index in [9.17, 15) is 4.79 Å². The van der Waals surface area contributed by atoms with Gasteiger partial charge in [-0.2, -0.15) is 0 Å². The van der Waals surface area contributed by atoms with Crippen molar-refractivity contribution < 1.29 is 9.90 Å². The van der Waals surface area contributed by atoms with E-state index in [0.29, 0.717) is 18.8 Å². The summed E-state index contributed by atoms with van der Waals surface area (Å²) in [6.07, 6.45) is -0.251. The molecule has 1 rings (SSSR count). The molecule has 1 aliphatic rings. The lowest BCUT2D eigenvalue weighted by Crippen LogP contribution is -2.36. The highest BCUT2D eigenvalue weighted by Gasteiger charge is 2.32.